The van der Waals surface area contributed by atoms with Crippen LogP contribution in [0.3, 0.4) is 0 Å². The fourth-order valence-electron chi connectivity index (χ4n) is 2.93. The van der Waals surface area contributed by atoms with Gasteiger partial charge >= 0.3 is 0 Å². The molecule has 0 aromatic rings. The minimum absolute atomic E-state index is 0.0161. The van der Waals surface area contributed by atoms with Crippen LogP contribution in [0.25, 0.3) is 0 Å². The first-order valence-electron chi connectivity index (χ1n) is 8.09. The molecule has 0 aromatic heterocycles. The van der Waals surface area contributed by atoms with Crippen molar-refractivity contribution in [2.24, 2.45) is 5.41 Å². The van der Waals surface area contributed by atoms with E-state index in [1.165, 1.54) is 0 Å². The van der Waals surface area contributed by atoms with Crippen LogP contribution in [0.5, 0.6) is 0 Å². The molecule has 1 aliphatic heterocycles. The summed E-state index contributed by atoms with van der Waals surface area (Å²) in [6.45, 7) is 10.2. The number of amides is 2. The van der Waals surface area contributed by atoms with Gasteiger partial charge in [-0.1, -0.05) is 13.3 Å². The van der Waals surface area contributed by atoms with Crippen LogP contribution >= 0.6 is 0 Å². The van der Waals surface area contributed by atoms with Crippen molar-refractivity contribution >= 4 is 11.8 Å². The van der Waals surface area contributed by atoms with Crippen LogP contribution < -0.4 is 16.0 Å². The summed E-state index contributed by atoms with van der Waals surface area (Å²) >= 11 is 0. The topological polar surface area (TPSA) is 70.2 Å². The third-order valence-corrected chi connectivity index (χ3v) is 3.92. The van der Waals surface area contributed by atoms with E-state index in [0.717, 1.165) is 38.8 Å². The van der Waals surface area contributed by atoms with Gasteiger partial charge in [-0.25, -0.2) is 0 Å². The van der Waals surface area contributed by atoms with E-state index in [2.05, 4.69) is 22.9 Å². The standard InChI is InChI=1S/C16H31N3O2/c1-5-7-16(8-11-17-12-9-16)14(21)18-10-6-13(20)19-15(2,3)4/h17H,5-12H2,1-4H3,(H,18,21)(H,19,20). The molecule has 0 aromatic carbocycles. The summed E-state index contributed by atoms with van der Waals surface area (Å²) < 4.78 is 0. The maximum Gasteiger partial charge on any atom is 0.226 e. The second-order valence-electron chi connectivity index (χ2n) is 7.08. The van der Waals surface area contributed by atoms with Gasteiger partial charge in [-0.15, -0.1) is 0 Å². The summed E-state index contributed by atoms with van der Waals surface area (Å²) in [6, 6.07) is 0. The number of hydrogen-bond acceptors (Lipinski definition) is 3. The number of carbonyl (C=O) groups is 2. The van der Waals surface area contributed by atoms with Crippen molar-refractivity contribution in [1.29, 1.82) is 0 Å². The first-order chi connectivity index (χ1) is 9.79. The normalized spacial score (nSPS) is 18.1. The number of nitrogens with one attached hydrogen (secondary N) is 3. The van der Waals surface area contributed by atoms with E-state index in [9.17, 15) is 9.59 Å². The SMILES string of the molecule is CCCC1(C(=O)NCCC(=O)NC(C)(C)C)CCNCC1. The van der Waals surface area contributed by atoms with Gasteiger partial charge in [0.2, 0.25) is 11.8 Å². The first-order valence-corrected chi connectivity index (χ1v) is 8.09. The van der Waals surface area contributed by atoms with Gasteiger partial charge in [-0.05, 0) is 53.1 Å². The van der Waals surface area contributed by atoms with Gasteiger partial charge in [0.05, 0.1) is 5.41 Å². The molecule has 5 heteroatoms. The number of piperidine rings is 1. The predicted molar refractivity (Wildman–Crippen MR) is 85.0 cm³/mol. The third kappa shape index (κ3) is 6.04. The van der Waals surface area contributed by atoms with E-state index in [0.29, 0.717) is 13.0 Å². The monoisotopic (exact) mass is 297 g/mol. The molecule has 2 amide bonds. The minimum Gasteiger partial charge on any atom is -0.355 e. The van der Waals surface area contributed by atoms with Crippen molar-refractivity contribution in [1.82, 2.24) is 16.0 Å². The summed E-state index contributed by atoms with van der Waals surface area (Å²) in [5.74, 6) is 0.104. The highest BCUT2D eigenvalue weighted by molar-refractivity contribution is 5.83. The Hall–Kier alpha value is -1.10. The Morgan fingerprint density at radius 1 is 1.19 bits per heavy atom. The zero-order chi connectivity index (χ0) is 15.9. The predicted octanol–water partition coefficient (Wildman–Crippen LogP) is 1.58. The second kappa shape index (κ2) is 7.78. The lowest BCUT2D eigenvalue weighted by Gasteiger charge is -2.36. The Kier molecular flexibility index (Phi) is 6.65. The van der Waals surface area contributed by atoms with Gasteiger partial charge in [-0.3, -0.25) is 9.59 Å². The van der Waals surface area contributed by atoms with Gasteiger partial charge in [-0.2, -0.15) is 0 Å². The van der Waals surface area contributed by atoms with Crippen molar-refractivity contribution < 1.29 is 9.59 Å². The summed E-state index contributed by atoms with van der Waals surface area (Å²) in [4.78, 5) is 24.3. The van der Waals surface area contributed by atoms with Crippen molar-refractivity contribution in [3.63, 3.8) is 0 Å². The smallest absolute Gasteiger partial charge is 0.226 e. The molecule has 3 N–H and O–H groups in total. The maximum absolute atomic E-state index is 12.5. The molecule has 0 bridgehead atoms. The molecule has 1 fully saturated rings. The summed E-state index contributed by atoms with van der Waals surface area (Å²) in [6.07, 6.45) is 4.05. The Bertz CT molecular complexity index is 350. The van der Waals surface area contributed by atoms with E-state index >= 15 is 0 Å². The van der Waals surface area contributed by atoms with E-state index < -0.39 is 0 Å². The molecule has 0 aliphatic carbocycles. The molecule has 0 unspecified atom stereocenters. The molecule has 1 aliphatic rings. The lowest BCUT2D eigenvalue weighted by Crippen LogP contribution is -2.48. The molecule has 0 spiro atoms. The molecular weight excluding hydrogens is 266 g/mol. The summed E-state index contributed by atoms with van der Waals surface area (Å²) in [5, 5.41) is 9.18. The molecule has 1 heterocycles. The van der Waals surface area contributed by atoms with Crippen LogP contribution in [-0.2, 0) is 9.59 Å². The Balaban J connectivity index is 2.42. The van der Waals surface area contributed by atoms with Crippen molar-refractivity contribution in [3.8, 4) is 0 Å². The fraction of sp³-hybridized carbons (Fsp3) is 0.875. The number of carbonyl (C=O) groups excluding carboxylic acids is 2. The molecule has 1 saturated heterocycles. The van der Waals surface area contributed by atoms with E-state index in [4.69, 9.17) is 0 Å². The highest BCUT2D eigenvalue weighted by Crippen LogP contribution is 2.34. The second-order valence-corrected chi connectivity index (χ2v) is 7.08. The van der Waals surface area contributed by atoms with Crippen LogP contribution in [0.1, 0.15) is 59.8 Å². The van der Waals surface area contributed by atoms with Crippen molar-refractivity contribution in [3.05, 3.63) is 0 Å². The first kappa shape index (κ1) is 18.0. The zero-order valence-electron chi connectivity index (χ0n) is 14.0. The molecular formula is C16H31N3O2. The molecule has 21 heavy (non-hydrogen) atoms. The average Bonchev–Trinajstić information content (AvgIpc) is 2.38. The zero-order valence-corrected chi connectivity index (χ0v) is 14.0. The molecule has 5 nitrogen and oxygen atoms in total. The molecule has 122 valence electrons. The number of rotatable bonds is 6. The Morgan fingerprint density at radius 2 is 1.81 bits per heavy atom. The molecule has 1 rings (SSSR count). The average molecular weight is 297 g/mol. The van der Waals surface area contributed by atoms with Crippen LogP contribution in [-0.4, -0.2) is 37.0 Å². The van der Waals surface area contributed by atoms with Gasteiger partial charge in [0.25, 0.3) is 0 Å². The summed E-state index contributed by atoms with van der Waals surface area (Å²) in [7, 11) is 0. The molecule has 0 saturated carbocycles. The van der Waals surface area contributed by atoms with Gasteiger partial charge in [0.15, 0.2) is 0 Å². The minimum atomic E-state index is -0.236. The molecule has 0 atom stereocenters. The van der Waals surface area contributed by atoms with Crippen molar-refractivity contribution in [2.45, 2.75) is 65.3 Å². The van der Waals surface area contributed by atoms with Gasteiger partial charge < -0.3 is 16.0 Å². The quantitative estimate of drug-likeness (QED) is 0.697. The lowest BCUT2D eigenvalue weighted by molar-refractivity contribution is -0.133. The lowest BCUT2D eigenvalue weighted by atomic mass is 9.74. The van der Waals surface area contributed by atoms with E-state index in [1.54, 1.807) is 0 Å². The van der Waals surface area contributed by atoms with Gasteiger partial charge in [0.1, 0.15) is 0 Å². The van der Waals surface area contributed by atoms with E-state index in [-0.39, 0.29) is 22.8 Å². The molecule has 0 radical (unpaired) electrons. The Labute approximate surface area is 128 Å². The maximum atomic E-state index is 12.5. The highest BCUT2D eigenvalue weighted by atomic mass is 16.2. The fourth-order valence-corrected chi connectivity index (χ4v) is 2.93. The van der Waals surface area contributed by atoms with Crippen molar-refractivity contribution in [2.75, 3.05) is 19.6 Å². The summed E-state index contributed by atoms with van der Waals surface area (Å²) in [5.41, 5.74) is -0.458. The van der Waals surface area contributed by atoms with E-state index in [1.807, 2.05) is 20.8 Å². The van der Waals surface area contributed by atoms with Crippen LogP contribution in [0, 0.1) is 5.41 Å². The largest absolute Gasteiger partial charge is 0.355 e. The van der Waals surface area contributed by atoms with Crippen LogP contribution in [0.2, 0.25) is 0 Å². The highest BCUT2D eigenvalue weighted by Gasteiger charge is 2.38. The number of hydrogen-bond donors (Lipinski definition) is 3. The van der Waals surface area contributed by atoms with Gasteiger partial charge in [0, 0.05) is 18.5 Å². The van der Waals surface area contributed by atoms with Crippen LogP contribution in [0.4, 0.5) is 0 Å². The Morgan fingerprint density at radius 3 is 2.33 bits per heavy atom. The third-order valence-electron chi connectivity index (χ3n) is 3.92. The van der Waals surface area contributed by atoms with Crippen LogP contribution in [0.15, 0.2) is 0 Å².